The van der Waals surface area contributed by atoms with E-state index in [1.807, 2.05) is 13.8 Å². The number of ether oxygens (including phenoxy) is 2. The number of halogens is 1. The Morgan fingerprint density at radius 3 is 2.76 bits per heavy atom. The van der Waals surface area contributed by atoms with E-state index in [0.29, 0.717) is 13.2 Å². The second-order valence-electron chi connectivity index (χ2n) is 5.28. The minimum atomic E-state index is -0.543. The summed E-state index contributed by atoms with van der Waals surface area (Å²) in [5, 5.41) is 13.0. The Morgan fingerprint density at radius 2 is 2.10 bits per heavy atom. The quantitative estimate of drug-likeness (QED) is 0.645. The van der Waals surface area contributed by atoms with Gasteiger partial charge in [-0.3, -0.25) is 0 Å². The van der Waals surface area contributed by atoms with E-state index in [2.05, 4.69) is 5.32 Å². The number of nitrogens with one attached hydrogen (secondary N) is 1. The van der Waals surface area contributed by atoms with Crippen molar-refractivity contribution >= 4 is 0 Å². The zero-order chi connectivity index (χ0) is 15.7. The molecule has 2 N–H and O–H groups in total. The summed E-state index contributed by atoms with van der Waals surface area (Å²) in [4.78, 5) is 0. The van der Waals surface area contributed by atoms with Crippen molar-refractivity contribution in [3.05, 3.63) is 35.1 Å². The van der Waals surface area contributed by atoms with Crippen molar-refractivity contribution in [2.45, 2.75) is 32.5 Å². The minimum absolute atomic E-state index is 0.0217. The first kappa shape index (κ1) is 18.0. The van der Waals surface area contributed by atoms with E-state index in [1.165, 1.54) is 12.1 Å². The zero-order valence-corrected chi connectivity index (χ0v) is 13.1. The molecule has 1 rings (SSSR count). The van der Waals surface area contributed by atoms with Crippen LogP contribution in [-0.4, -0.2) is 50.7 Å². The van der Waals surface area contributed by atoms with Gasteiger partial charge in [0.2, 0.25) is 0 Å². The monoisotopic (exact) mass is 299 g/mol. The van der Waals surface area contributed by atoms with Crippen LogP contribution in [0.15, 0.2) is 18.2 Å². The Morgan fingerprint density at radius 1 is 1.33 bits per heavy atom. The van der Waals surface area contributed by atoms with Gasteiger partial charge in [0.15, 0.2) is 0 Å². The van der Waals surface area contributed by atoms with Crippen LogP contribution in [0.3, 0.4) is 0 Å². The van der Waals surface area contributed by atoms with Crippen molar-refractivity contribution in [1.82, 2.24) is 5.32 Å². The third-order valence-electron chi connectivity index (χ3n) is 3.23. The fourth-order valence-corrected chi connectivity index (χ4v) is 2.05. The number of rotatable bonds is 10. The van der Waals surface area contributed by atoms with Gasteiger partial charge < -0.3 is 19.9 Å². The van der Waals surface area contributed by atoms with Gasteiger partial charge in [-0.1, -0.05) is 6.07 Å². The van der Waals surface area contributed by atoms with Crippen LogP contribution in [-0.2, 0) is 15.9 Å². The van der Waals surface area contributed by atoms with Gasteiger partial charge >= 0.3 is 0 Å². The number of aryl methyl sites for hydroxylation is 1. The molecule has 0 saturated carbocycles. The number of hydrogen-bond acceptors (Lipinski definition) is 4. The van der Waals surface area contributed by atoms with E-state index in [-0.39, 0.29) is 18.5 Å². The molecule has 0 aromatic heterocycles. The van der Waals surface area contributed by atoms with Crippen molar-refractivity contribution in [3.8, 4) is 0 Å². The molecule has 0 radical (unpaired) electrons. The average molecular weight is 299 g/mol. The predicted molar refractivity (Wildman–Crippen MR) is 81.0 cm³/mol. The maximum Gasteiger partial charge on any atom is 0.123 e. The van der Waals surface area contributed by atoms with E-state index in [0.717, 1.165) is 24.1 Å². The number of aliphatic hydroxyl groups is 1. The van der Waals surface area contributed by atoms with Crippen molar-refractivity contribution in [1.29, 1.82) is 0 Å². The highest BCUT2D eigenvalue weighted by molar-refractivity contribution is 5.26. The summed E-state index contributed by atoms with van der Waals surface area (Å²) in [6.07, 6.45) is 0.241. The van der Waals surface area contributed by atoms with E-state index < -0.39 is 6.10 Å². The normalized spacial score (nSPS) is 14.1. The van der Waals surface area contributed by atoms with Crippen LogP contribution >= 0.6 is 0 Å². The van der Waals surface area contributed by atoms with Crippen molar-refractivity contribution in [2.24, 2.45) is 0 Å². The number of aliphatic hydroxyl groups excluding tert-OH is 1. The molecule has 0 fully saturated rings. The predicted octanol–water partition coefficient (Wildman–Crippen LogP) is 1.68. The van der Waals surface area contributed by atoms with Crippen LogP contribution in [0.5, 0.6) is 0 Å². The second-order valence-corrected chi connectivity index (χ2v) is 5.28. The van der Waals surface area contributed by atoms with Crippen LogP contribution in [0.1, 0.15) is 18.1 Å². The number of benzene rings is 1. The maximum absolute atomic E-state index is 13.0. The number of hydrogen-bond donors (Lipinski definition) is 2. The molecule has 0 saturated heterocycles. The van der Waals surface area contributed by atoms with Crippen molar-refractivity contribution in [3.63, 3.8) is 0 Å². The van der Waals surface area contributed by atoms with Gasteiger partial charge in [0, 0.05) is 13.7 Å². The SMILES string of the molecule is COCC(C)OCC(O)CNCCc1ccc(F)cc1C. The zero-order valence-electron chi connectivity index (χ0n) is 13.1. The van der Waals surface area contributed by atoms with Gasteiger partial charge in [-0.05, 0) is 50.1 Å². The summed E-state index contributed by atoms with van der Waals surface area (Å²) in [5.41, 5.74) is 2.07. The molecule has 4 nitrogen and oxygen atoms in total. The van der Waals surface area contributed by atoms with Crippen LogP contribution < -0.4 is 5.32 Å². The maximum atomic E-state index is 13.0. The smallest absolute Gasteiger partial charge is 0.123 e. The molecule has 0 amide bonds. The van der Waals surface area contributed by atoms with E-state index in [4.69, 9.17) is 9.47 Å². The Kier molecular flexibility index (Phi) is 8.45. The molecule has 1 aromatic carbocycles. The molecule has 2 unspecified atom stereocenters. The largest absolute Gasteiger partial charge is 0.389 e. The highest BCUT2D eigenvalue weighted by Gasteiger charge is 2.08. The van der Waals surface area contributed by atoms with Gasteiger partial charge in [0.25, 0.3) is 0 Å². The first-order chi connectivity index (χ1) is 10.0. The van der Waals surface area contributed by atoms with Crippen LogP contribution in [0.2, 0.25) is 0 Å². The molecule has 120 valence electrons. The summed E-state index contributed by atoms with van der Waals surface area (Å²) in [5.74, 6) is -0.207. The van der Waals surface area contributed by atoms with Gasteiger partial charge in [-0.25, -0.2) is 4.39 Å². The highest BCUT2D eigenvalue weighted by Crippen LogP contribution is 2.10. The topological polar surface area (TPSA) is 50.7 Å². The molecular weight excluding hydrogens is 273 g/mol. The third kappa shape index (κ3) is 7.52. The van der Waals surface area contributed by atoms with Crippen LogP contribution in [0, 0.1) is 12.7 Å². The molecular formula is C16H26FNO3. The van der Waals surface area contributed by atoms with Crippen molar-refractivity contribution in [2.75, 3.05) is 33.4 Å². The van der Waals surface area contributed by atoms with Crippen molar-refractivity contribution < 1.29 is 19.0 Å². The lowest BCUT2D eigenvalue weighted by molar-refractivity contribution is -0.0310. The molecule has 0 aliphatic rings. The Bertz CT molecular complexity index is 415. The first-order valence-electron chi connectivity index (χ1n) is 7.27. The lowest BCUT2D eigenvalue weighted by Crippen LogP contribution is -2.33. The lowest BCUT2D eigenvalue weighted by Gasteiger charge is -2.16. The molecule has 2 atom stereocenters. The summed E-state index contributed by atoms with van der Waals surface area (Å²) in [7, 11) is 1.62. The Labute approximate surface area is 126 Å². The molecule has 0 heterocycles. The van der Waals surface area contributed by atoms with Crippen LogP contribution in [0.25, 0.3) is 0 Å². The minimum Gasteiger partial charge on any atom is -0.389 e. The van der Waals surface area contributed by atoms with Gasteiger partial charge in [0.1, 0.15) is 5.82 Å². The summed E-state index contributed by atoms with van der Waals surface area (Å²) in [6, 6.07) is 4.82. The molecule has 0 aliphatic carbocycles. The van der Waals surface area contributed by atoms with Gasteiger partial charge in [-0.2, -0.15) is 0 Å². The van der Waals surface area contributed by atoms with E-state index >= 15 is 0 Å². The van der Waals surface area contributed by atoms with Crippen LogP contribution in [0.4, 0.5) is 4.39 Å². The lowest BCUT2D eigenvalue weighted by atomic mass is 10.1. The average Bonchev–Trinajstić information content (AvgIpc) is 2.43. The fraction of sp³-hybridized carbons (Fsp3) is 0.625. The van der Waals surface area contributed by atoms with E-state index in [9.17, 15) is 9.50 Å². The molecule has 5 heteroatoms. The summed E-state index contributed by atoms with van der Waals surface area (Å²) < 4.78 is 23.4. The Balaban J connectivity index is 2.15. The standard InChI is InChI=1S/C16H26FNO3/c1-12-8-15(17)5-4-14(12)6-7-18-9-16(19)11-21-13(2)10-20-3/h4-5,8,13,16,18-19H,6-7,9-11H2,1-3H3. The first-order valence-corrected chi connectivity index (χ1v) is 7.27. The third-order valence-corrected chi connectivity index (χ3v) is 3.23. The molecule has 0 spiro atoms. The van der Waals surface area contributed by atoms with Gasteiger partial charge in [-0.15, -0.1) is 0 Å². The fourth-order valence-electron chi connectivity index (χ4n) is 2.05. The highest BCUT2D eigenvalue weighted by atomic mass is 19.1. The number of methoxy groups -OCH3 is 1. The Hall–Kier alpha value is -1.01. The molecule has 0 aliphatic heterocycles. The summed E-state index contributed by atoms with van der Waals surface area (Å²) >= 11 is 0. The van der Waals surface area contributed by atoms with Gasteiger partial charge in [0.05, 0.1) is 25.4 Å². The second kappa shape index (κ2) is 9.84. The van der Waals surface area contributed by atoms with E-state index in [1.54, 1.807) is 13.2 Å². The summed E-state index contributed by atoms with van der Waals surface area (Å²) in [6.45, 7) is 5.81. The molecule has 1 aromatic rings. The molecule has 0 bridgehead atoms. The molecule has 21 heavy (non-hydrogen) atoms.